The molecule has 0 aromatic heterocycles. The van der Waals surface area contributed by atoms with Crippen molar-refractivity contribution in [2.75, 3.05) is 0 Å². The lowest BCUT2D eigenvalue weighted by atomic mass is 9.87. The standard InChI is InChI=1S/C6H14F2O16P4/c7-1-2(8)4(22-26(12,13)14)6(24-28(18,19)20)5(23-27(15,16)17)3(1)21-25(9,10)11/h1-6H,(H2,9,10,11)(H2,12,13,14)(H2,15,16,17)(H2,18,19,20)/t1-,2-,3+,4+,5-,6-/m0/s1. The number of rotatable bonds is 8. The summed E-state index contributed by atoms with van der Waals surface area (Å²) in [5, 5.41) is 0. The van der Waals surface area contributed by atoms with Crippen LogP contribution in [0.25, 0.3) is 0 Å². The molecular weight excluding hydrogens is 490 g/mol. The molecule has 0 saturated heterocycles. The summed E-state index contributed by atoms with van der Waals surface area (Å²) in [5.41, 5.74) is 0. The molecule has 0 radical (unpaired) electrons. The molecule has 16 nitrogen and oxygen atoms in total. The van der Waals surface area contributed by atoms with Crippen molar-refractivity contribution in [2.24, 2.45) is 0 Å². The topological polar surface area (TPSA) is 267 Å². The van der Waals surface area contributed by atoms with Crippen molar-refractivity contribution in [3.8, 4) is 0 Å². The normalized spacial score (nSPS) is 33.1. The molecule has 0 amide bonds. The predicted octanol–water partition coefficient (Wildman–Crippen LogP) is -1.41. The molecule has 22 heteroatoms. The van der Waals surface area contributed by atoms with Crippen LogP contribution in [0.1, 0.15) is 0 Å². The zero-order chi connectivity index (χ0) is 22.3. The van der Waals surface area contributed by atoms with E-state index in [4.69, 9.17) is 39.1 Å². The summed E-state index contributed by atoms with van der Waals surface area (Å²) in [6.07, 6.45) is -18.4. The molecule has 1 rings (SSSR count). The van der Waals surface area contributed by atoms with Gasteiger partial charge in [-0.15, -0.1) is 0 Å². The lowest BCUT2D eigenvalue weighted by molar-refractivity contribution is -0.175. The summed E-state index contributed by atoms with van der Waals surface area (Å²) < 4.78 is 88.2. The van der Waals surface area contributed by atoms with Crippen molar-refractivity contribution >= 4 is 31.3 Å². The highest BCUT2D eigenvalue weighted by Crippen LogP contribution is 2.53. The maximum Gasteiger partial charge on any atom is 0.470 e. The number of phosphoric ester groups is 4. The van der Waals surface area contributed by atoms with Crippen molar-refractivity contribution in [1.29, 1.82) is 0 Å². The highest BCUT2D eigenvalue weighted by molar-refractivity contribution is 7.47. The van der Waals surface area contributed by atoms with Crippen molar-refractivity contribution in [3.63, 3.8) is 0 Å². The largest absolute Gasteiger partial charge is 0.470 e. The fraction of sp³-hybridized carbons (Fsp3) is 1.00. The van der Waals surface area contributed by atoms with Gasteiger partial charge in [0.05, 0.1) is 0 Å². The number of halogens is 2. The minimum absolute atomic E-state index is 2.92. The molecule has 1 aliphatic rings. The lowest BCUT2D eigenvalue weighted by Crippen LogP contribution is -2.63. The average molecular weight is 504 g/mol. The summed E-state index contributed by atoms with van der Waals surface area (Å²) >= 11 is 0. The van der Waals surface area contributed by atoms with Crippen LogP contribution in [0.15, 0.2) is 0 Å². The Kier molecular flexibility index (Phi) is 8.29. The van der Waals surface area contributed by atoms with Crippen LogP contribution < -0.4 is 0 Å². The van der Waals surface area contributed by atoms with Gasteiger partial charge in [0, 0.05) is 0 Å². The smallest absolute Gasteiger partial charge is 0.303 e. The van der Waals surface area contributed by atoms with Crippen LogP contribution in [0, 0.1) is 0 Å². The second kappa shape index (κ2) is 8.81. The second-order valence-electron chi connectivity index (χ2n) is 5.13. The van der Waals surface area contributed by atoms with Gasteiger partial charge in [-0.3, -0.25) is 18.1 Å². The minimum atomic E-state index is -5.77. The van der Waals surface area contributed by atoms with E-state index in [0.29, 0.717) is 0 Å². The third kappa shape index (κ3) is 8.58. The first-order valence-corrected chi connectivity index (χ1v) is 12.6. The molecule has 1 fully saturated rings. The van der Waals surface area contributed by atoms with E-state index in [9.17, 15) is 27.0 Å². The molecule has 6 atom stereocenters. The molecule has 1 aliphatic carbocycles. The Labute approximate surface area is 153 Å². The number of hydrogen-bond donors (Lipinski definition) is 8. The Morgan fingerprint density at radius 2 is 0.643 bits per heavy atom. The van der Waals surface area contributed by atoms with Crippen molar-refractivity contribution in [1.82, 2.24) is 0 Å². The van der Waals surface area contributed by atoms with Gasteiger partial charge in [-0.05, 0) is 0 Å². The first kappa shape index (κ1) is 26.3. The Bertz CT molecular complexity index is 673. The van der Waals surface area contributed by atoms with Crippen molar-refractivity contribution < 1.29 is 84.3 Å². The molecule has 0 heterocycles. The lowest BCUT2D eigenvalue weighted by Gasteiger charge is -2.44. The SMILES string of the molecule is O=P(O)(O)O[C@@H]1[C@@H](OP(=O)(O)O)[C@H](OP(=O)(O)O)[C@@H](F)[C@H](F)[C@H]1OP(=O)(O)O. The van der Waals surface area contributed by atoms with Gasteiger partial charge >= 0.3 is 31.3 Å². The van der Waals surface area contributed by atoms with E-state index in [2.05, 4.69) is 18.1 Å². The summed E-state index contributed by atoms with van der Waals surface area (Å²) in [6, 6.07) is 0. The molecule has 0 aromatic rings. The van der Waals surface area contributed by atoms with Crippen LogP contribution in [-0.2, 0) is 36.4 Å². The van der Waals surface area contributed by atoms with Crippen LogP contribution >= 0.6 is 31.3 Å². The first-order chi connectivity index (χ1) is 12.2. The maximum absolute atomic E-state index is 14.3. The third-order valence-corrected chi connectivity index (χ3v) is 5.01. The Morgan fingerprint density at radius 1 is 0.464 bits per heavy atom. The number of hydrogen-bond acceptors (Lipinski definition) is 8. The van der Waals surface area contributed by atoms with Crippen LogP contribution in [0.2, 0.25) is 0 Å². The predicted molar refractivity (Wildman–Crippen MR) is 77.5 cm³/mol. The highest BCUT2D eigenvalue weighted by atomic mass is 31.2. The summed E-state index contributed by atoms with van der Waals surface area (Å²) in [5.74, 6) is 0. The van der Waals surface area contributed by atoms with Crippen LogP contribution in [0.5, 0.6) is 0 Å². The second-order valence-corrected chi connectivity index (χ2v) is 9.90. The quantitative estimate of drug-likeness (QED) is 0.176. The summed E-state index contributed by atoms with van der Waals surface area (Å²) in [7, 11) is -23.0. The Balaban J connectivity index is 3.53. The third-order valence-electron chi connectivity index (χ3n) is 2.94. The van der Waals surface area contributed by atoms with Gasteiger partial charge in [-0.2, -0.15) is 0 Å². The van der Waals surface area contributed by atoms with Crippen LogP contribution in [0.4, 0.5) is 8.78 Å². The molecule has 0 aliphatic heterocycles. The first-order valence-electron chi connectivity index (χ1n) is 6.44. The molecular formula is C6H14F2O16P4. The molecule has 0 bridgehead atoms. The van der Waals surface area contributed by atoms with Crippen LogP contribution in [0.3, 0.4) is 0 Å². The van der Waals surface area contributed by atoms with E-state index in [0.717, 1.165) is 0 Å². The van der Waals surface area contributed by atoms with Gasteiger partial charge < -0.3 is 39.1 Å². The zero-order valence-electron chi connectivity index (χ0n) is 12.9. The summed E-state index contributed by atoms with van der Waals surface area (Å²) in [4.78, 5) is 70.5. The fourth-order valence-corrected chi connectivity index (χ4v) is 4.43. The fourth-order valence-electron chi connectivity index (χ4n) is 2.21. The maximum atomic E-state index is 14.3. The number of alkyl halides is 2. The number of phosphoric acid groups is 4. The van der Waals surface area contributed by atoms with Crippen molar-refractivity contribution in [3.05, 3.63) is 0 Å². The van der Waals surface area contributed by atoms with E-state index in [1.54, 1.807) is 0 Å². The van der Waals surface area contributed by atoms with Gasteiger partial charge in [0.1, 0.15) is 24.4 Å². The van der Waals surface area contributed by atoms with Gasteiger partial charge in [0.25, 0.3) is 0 Å². The molecule has 1 saturated carbocycles. The van der Waals surface area contributed by atoms with E-state index in [-0.39, 0.29) is 0 Å². The summed E-state index contributed by atoms with van der Waals surface area (Å²) in [6.45, 7) is 0. The van der Waals surface area contributed by atoms with E-state index >= 15 is 0 Å². The van der Waals surface area contributed by atoms with E-state index < -0.39 is 68.1 Å². The molecule has 0 aromatic carbocycles. The molecule has 168 valence electrons. The molecule has 0 spiro atoms. The Hall–Kier alpha value is 0.300. The van der Waals surface area contributed by atoms with Gasteiger partial charge in [-0.25, -0.2) is 27.0 Å². The zero-order valence-corrected chi connectivity index (χ0v) is 16.4. The molecule has 0 unspecified atom stereocenters. The van der Waals surface area contributed by atoms with Crippen LogP contribution in [-0.4, -0.2) is 75.9 Å². The monoisotopic (exact) mass is 504 g/mol. The Morgan fingerprint density at radius 3 is 0.821 bits per heavy atom. The van der Waals surface area contributed by atoms with Crippen molar-refractivity contribution in [2.45, 2.75) is 36.8 Å². The minimum Gasteiger partial charge on any atom is -0.303 e. The van der Waals surface area contributed by atoms with E-state index in [1.807, 2.05) is 0 Å². The highest BCUT2D eigenvalue weighted by Gasteiger charge is 2.60. The van der Waals surface area contributed by atoms with Gasteiger partial charge in [-0.1, -0.05) is 0 Å². The van der Waals surface area contributed by atoms with E-state index in [1.165, 1.54) is 0 Å². The molecule has 28 heavy (non-hydrogen) atoms. The average Bonchev–Trinajstić information content (AvgIpc) is 2.39. The van der Waals surface area contributed by atoms with Gasteiger partial charge in [0.15, 0.2) is 12.3 Å². The molecule has 8 N–H and O–H groups in total. The van der Waals surface area contributed by atoms with Gasteiger partial charge in [0.2, 0.25) is 0 Å².